The number of hydrogen-bond acceptors (Lipinski definition) is 3. The maximum absolute atomic E-state index is 9.37. The Bertz CT molecular complexity index is 409. The van der Waals surface area contributed by atoms with Gasteiger partial charge in [-0.3, -0.25) is 0 Å². The summed E-state index contributed by atoms with van der Waals surface area (Å²) in [4.78, 5) is 2.17. The Morgan fingerprint density at radius 2 is 2.05 bits per heavy atom. The lowest BCUT2D eigenvalue weighted by molar-refractivity contribution is 0.187. The van der Waals surface area contributed by atoms with Crippen LogP contribution in [0.25, 0.3) is 0 Å². The lowest BCUT2D eigenvalue weighted by Gasteiger charge is -2.23. The molecule has 0 amide bonds. The van der Waals surface area contributed by atoms with Crippen LogP contribution in [-0.4, -0.2) is 31.3 Å². The van der Waals surface area contributed by atoms with Crippen LogP contribution in [0.3, 0.4) is 0 Å². The van der Waals surface area contributed by atoms with Crippen LogP contribution in [0.15, 0.2) is 22.7 Å². The summed E-state index contributed by atoms with van der Waals surface area (Å²) in [5.41, 5.74) is 2.45. The maximum atomic E-state index is 9.37. The van der Waals surface area contributed by atoms with Gasteiger partial charge in [-0.05, 0) is 66.9 Å². The van der Waals surface area contributed by atoms with Crippen LogP contribution in [0.1, 0.15) is 45.2 Å². The fraction of sp³-hybridized carbons (Fsp3) is 0.625. The smallest absolute Gasteiger partial charge is 0.0528 e. The molecule has 0 aliphatic carbocycles. The minimum atomic E-state index is -0.256. The van der Waals surface area contributed by atoms with Gasteiger partial charge in [0.25, 0.3) is 0 Å². The van der Waals surface area contributed by atoms with E-state index in [0.717, 1.165) is 36.1 Å². The molecular formula is C16H27BrN2O. The highest BCUT2D eigenvalue weighted by Gasteiger charge is 2.10. The van der Waals surface area contributed by atoms with Gasteiger partial charge in [0.1, 0.15) is 0 Å². The number of nitrogens with zero attached hydrogens (tertiary/aromatic N) is 1. The summed E-state index contributed by atoms with van der Waals surface area (Å²) in [6.07, 6.45) is 1.67. The van der Waals surface area contributed by atoms with Gasteiger partial charge in [-0.1, -0.05) is 13.0 Å². The van der Waals surface area contributed by atoms with Crippen molar-refractivity contribution in [2.24, 2.45) is 0 Å². The van der Waals surface area contributed by atoms with Crippen LogP contribution in [0.2, 0.25) is 0 Å². The molecule has 1 aromatic rings. The summed E-state index contributed by atoms with van der Waals surface area (Å²) in [5.74, 6) is 0. The van der Waals surface area contributed by atoms with Gasteiger partial charge in [0.2, 0.25) is 0 Å². The standard InChI is InChI=1S/C16H27BrN2O/c1-5-9-18-13(3)14-6-7-16(15(17)11-14)19(4)10-8-12(2)20/h6-7,11-13,18,20H,5,8-10H2,1-4H3. The molecule has 0 aromatic heterocycles. The number of nitrogens with one attached hydrogen (secondary N) is 1. The quantitative estimate of drug-likeness (QED) is 0.755. The first-order valence-corrected chi connectivity index (χ1v) is 8.17. The van der Waals surface area contributed by atoms with E-state index in [2.05, 4.69) is 65.2 Å². The molecule has 20 heavy (non-hydrogen) atoms. The second-order valence-electron chi connectivity index (χ2n) is 5.45. The summed E-state index contributed by atoms with van der Waals surface area (Å²) in [5, 5.41) is 12.9. The minimum absolute atomic E-state index is 0.256. The van der Waals surface area contributed by atoms with Crippen molar-refractivity contribution < 1.29 is 5.11 Å². The molecule has 0 heterocycles. The van der Waals surface area contributed by atoms with E-state index in [1.165, 1.54) is 5.56 Å². The summed E-state index contributed by atoms with van der Waals surface area (Å²) in [6, 6.07) is 6.86. The number of aliphatic hydroxyl groups is 1. The van der Waals surface area contributed by atoms with Crippen molar-refractivity contribution in [3.05, 3.63) is 28.2 Å². The van der Waals surface area contributed by atoms with Crippen molar-refractivity contribution in [1.82, 2.24) is 5.32 Å². The Hall–Kier alpha value is -0.580. The molecule has 1 aromatic carbocycles. The molecule has 114 valence electrons. The molecule has 4 heteroatoms. The van der Waals surface area contributed by atoms with Gasteiger partial charge >= 0.3 is 0 Å². The Morgan fingerprint density at radius 1 is 1.35 bits per heavy atom. The molecule has 3 nitrogen and oxygen atoms in total. The van der Waals surface area contributed by atoms with Crippen LogP contribution in [0.5, 0.6) is 0 Å². The summed E-state index contributed by atoms with van der Waals surface area (Å²) < 4.78 is 1.10. The molecule has 1 rings (SSSR count). The average Bonchev–Trinajstić information content (AvgIpc) is 2.41. The van der Waals surface area contributed by atoms with Crippen molar-refractivity contribution in [1.29, 1.82) is 0 Å². The van der Waals surface area contributed by atoms with E-state index < -0.39 is 0 Å². The third-order valence-corrected chi connectivity index (χ3v) is 4.10. The highest BCUT2D eigenvalue weighted by Crippen LogP contribution is 2.29. The zero-order chi connectivity index (χ0) is 15.1. The lowest BCUT2D eigenvalue weighted by atomic mass is 10.1. The first-order chi connectivity index (χ1) is 9.45. The first kappa shape index (κ1) is 17.5. The number of rotatable bonds is 8. The van der Waals surface area contributed by atoms with Crippen molar-refractivity contribution in [2.75, 3.05) is 25.0 Å². The Morgan fingerprint density at radius 3 is 2.60 bits per heavy atom. The number of anilines is 1. The zero-order valence-electron chi connectivity index (χ0n) is 13.0. The van der Waals surface area contributed by atoms with Gasteiger partial charge in [0, 0.05) is 24.1 Å². The molecule has 2 atom stereocenters. The number of benzene rings is 1. The Balaban J connectivity index is 2.72. The molecule has 0 fully saturated rings. The molecule has 0 saturated heterocycles. The van der Waals surface area contributed by atoms with Crippen LogP contribution in [-0.2, 0) is 0 Å². The van der Waals surface area contributed by atoms with E-state index in [-0.39, 0.29) is 6.10 Å². The fourth-order valence-corrected chi connectivity index (χ4v) is 2.78. The van der Waals surface area contributed by atoms with Crippen molar-refractivity contribution in [2.45, 2.75) is 45.8 Å². The summed E-state index contributed by atoms with van der Waals surface area (Å²) in [6.45, 7) is 8.07. The van der Waals surface area contributed by atoms with E-state index in [0.29, 0.717) is 6.04 Å². The molecule has 2 unspecified atom stereocenters. The fourth-order valence-electron chi connectivity index (χ4n) is 2.08. The zero-order valence-corrected chi connectivity index (χ0v) is 14.6. The van der Waals surface area contributed by atoms with E-state index in [9.17, 15) is 5.11 Å². The van der Waals surface area contributed by atoms with Crippen LogP contribution in [0.4, 0.5) is 5.69 Å². The van der Waals surface area contributed by atoms with Crippen LogP contribution in [0, 0.1) is 0 Å². The second-order valence-corrected chi connectivity index (χ2v) is 6.30. The third kappa shape index (κ3) is 5.43. The average molecular weight is 343 g/mol. The molecule has 0 saturated carbocycles. The molecule has 2 N–H and O–H groups in total. The lowest BCUT2D eigenvalue weighted by Crippen LogP contribution is -2.23. The van der Waals surface area contributed by atoms with Gasteiger partial charge in [-0.2, -0.15) is 0 Å². The first-order valence-electron chi connectivity index (χ1n) is 7.37. The molecule has 0 spiro atoms. The number of hydrogen-bond donors (Lipinski definition) is 2. The van der Waals surface area contributed by atoms with Gasteiger partial charge in [0.05, 0.1) is 11.8 Å². The molecule has 0 aliphatic rings. The van der Waals surface area contributed by atoms with Crippen LogP contribution < -0.4 is 10.2 Å². The predicted molar refractivity (Wildman–Crippen MR) is 90.4 cm³/mol. The van der Waals surface area contributed by atoms with E-state index in [1.54, 1.807) is 0 Å². The van der Waals surface area contributed by atoms with E-state index in [1.807, 2.05) is 6.92 Å². The molecule has 0 aliphatic heterocycles. The van der Waals surface area contributed by atoms with Crippen molar-refractivity contribution >= 4 is 21.6 Å². The highest BCUT2D eigenvalue weighted by molar-refractivity contribution is 9.10. The molecule has 0 radical (unpaired) electrons. The number of aliphatic hydroxyl groups excluding tert-OH is 1. The summed E-state index contributed by atoms with van der Waals surface area (Å²) >= 11 is 3.66. The Labute approximate surface area is 131 Å². The summed E-state index contributed by atoms with van der Waals surface area (Å²) in [7, 11) is 2.06. The maximum Gasteiger partial charge on any atom is 0.0528 e. The second kappa shape index (κ2) is 8.65. The van der Waals surface area contributed by atoms with Gasteiger partial charge in [-0.25, -0.2) is 0 Å². The third-order valence-electron chi connectivity index (χ3n) is 3.47. The van der Waals surface area contributed by atoms with Crippen molar-refractivity contribution in [3.8, 4) is 0 Å². The normalized spacial score (nSPS) is 14.1. The highest BCUT2D eigenvalue weighted by atomic mass is 79.9. The topological polar surface area (TPSA) is 35.5 Å². The molecular weight excluding hydrogens is 316 g/mol. The Kier molecular flexibility index (Phi) is 7.56. The van der Waals surface area contributed by atoms with E-state index >= 15 is 0 Å². The van der Waals surface area contributed by atoms with E-state index in [4.69, 9.17) is 0 Å². The van der Waals surface area contributed by atoms with Gasteiger partial charge < -0.3 is 15.3 Å². The largest absolute Gasteiger partial charge is 0.393 e. The predicted octanol–water partition coefficient (Wildman–Crippen LogP) is 3.72. The van der Waals surface area contributed by atoms with Crippen LogP contribution >= 0.6 is 15.9 Å². The van der Waals surface area contributed by atoms with Gasteiger partial charge in [0.15, 0.2) is 0 Å². The molecule has 0 bridgehead atoms. The van der Waals surface area contributed by atoms with Crippen molar-refractivity contribution in [3.63, 3.8) is 0 Å². The number of halogens is 1. The monoisotopic (exact) mass is 342 g/mol. The minimum Gasteiger partial charge on any atom is -0.393 e. The SMILES string of the molecule is CCCNC(C)c1ccc(N(C)CCC(C)O)c(Br)c1. The van der Waals surface area contributed by atoms with Gasteiger partial charge in [-0.15, -0.1) is 0 Å².